The number of nitrogens with one attached hydrogen (secondary N) is 1. The summed E-state index contributed by atoms with van der Waals surface area (Å²) in [6, 6.07) is 7.79. The van der Waals surface area contributed by atoms with E-state index in [0.29, 0.717) is 62.6 Å². The highest BCUT2D eigenvalue weighted by Crippen LogP contribution is 2.48. The zero-order chi connectivity index (χ0) is 70.1. The van der Waals surface area contributed by atoms with Gasteiger partial charge in [0.2, 0.25) is 5.91 Å². The Morgan fingerprint density at radius 1 is 0.629 bits per heavy atom. The number of hydrogen-bond acceptors (Lipinski definition) is 16. The molecule has 1 N–H and O–H groups in total. The van der Waals surface area contributed by atoms with E-state index in [2.05, 4.69) is 53.4 Å². The Kier molecular flexibility index (Phi) is 42.1. The van der Waals surface area contributed by atoms with Gasteiger partial charge in [-0.25, -0.2) is 0 Å². The van der Waals surface area contributed by atoms with E-state index >= 15 is 0 Å². The van der Waals surface area contributed by atoms with Crippen molar-refractivity contribution < 1.29 is 74.3 Å². The van der Waals surface area contributed by atoms with Crippen LogP contribution in [0.25, 0.3) is 0 Å². The predicted octanol–water partition coefficient (Wildman–Crippen LogP) is 14.8. The molecule has 1 aromatic rings. The van der Waals surface area contributed by atoms with Crippen LogP contribution in [-0.2, 0) is 76.0 Å². The standard InChI is InChI=1S/C14H24O2.C13H18O4S.C10H16O2.C9H16ClNO2.C9H15ClO2.C9H16O2.C4H11O2P/c1-13(2,3)9-12(15)8-11-6-4-5-7-14(11)10-16-14;1-13(2,3)9-11(14)10-17-18(15,16)12-7-5-4-6-8-12;1-5-8(11)6-9(12)7-10(2,3)4;1-9(2,3)4-7(12)6-11-8(13)5-10;1-9(2,3)5-7(11)4-8(12)6-10;1-9(2,3)5-7(10)4-8-6-11-8;1-4-6-7(2,3)5/h11H,4-10H2,1-3H3;4-8H,9-10H2,1-3H3;5H,1,6-7H2,2-4H3;4-6H2,1-3H3,(H,11,13);4-6H2,1-3H3;8H,4-6H2,1-3H3;4H2,1-3H3. The van der Waals surface area contributed by atoms with Crippen molar-refractivity contribution in [2.45, 2.75) is 238 Å². The molecule has 0 radical (unpaired) electrons. The van der Waals surface area contributed by atoms with E-state index in [1.807, 2.05) is 90.0 Å². The number of halogens is 2. The lowest BCUT2D eigenvalue weighted by Gasteiger charge is -2.29. The normalized spacial score (nSPS) is 17.1. The van der Waals surface area contributed by atoms with Gasteiger partial charge in [0.25, 0.3) is 10.1 Å². The first-order valence-corrected chi connectivity index (χ1v) is 35.8. The molecule has 89 heavy (non-hydrogen) atoms. The number of carbonyl (C=O) groups excluding carboxylic acids is 9. The van der Waals surface area contributed by atoms with Crippen LogP contribution in [0.15, 0.2) is 47.9 Å². The van der Waals surface area contributed by atoms with Gasteiger partial charge in [0, 0.05) is 64.7 Å². The number of ketones is 8. The van der Waals surface area contributed by atoms with Gasteiger partial charge >= 0.3 is 0 Å². The lowest BCUT2D eigenvalue weighted by atomic mass is 9.75. The van der Waals surface area contributed by atoms with Gasteiger partial charge in [0.15, 0.2) is 30.5 Å². The largest absolute Gasteiger partial charge is 0.373 e. The molecule has 4 rings (SSSR count). The summed E-state index contributed by atoms with van der Waals surface area (Å²) in [5.41, 5.74) is 0.128. The monoisotopic (exact) mass is 1340 g/mol. The quantitative estimate of drug-likeness (QED) is 0.0238. The van der Waals surface area contributed by atoms with Crippen LogP contribution in [-0.4, -0.2) is 130 Å². The molecule has 0 bridgehead atoms. The van der Waals surface area contributed by atoms with Crippen LogP contribution in [0.4, 0.5) is 0 Å². The first kappa shape index (κ1) is 89.6. The number of allylic oxidation sites excluding steroid dienone is 1. The van der Waals surface area contributed by atoms with Crippen LogP contribution in [0.2, 0.25) is 0 Å². The first-order chi connectivity index (χ1) is 40.2. The molecule has 1 amide bonds. The van der Waals surface area contributed by atoms with Gasteiger partial charge in [0.1, 0.15) is 35.6 Å². The van der Waals surface area contributed by atoms with Crippen LogP contribution < -0.4 is 5.32 Å². The lowest BCUT2D eigenvalue weighted by Crippen LogP contribution is -2.31. The summed E-state index contributed by atoms with van der Waals surface area (Å²) in [5.74, 6) is 0.219. The van der Waals surface area contributed by atoms with Crippen molar-refractivity contribution in [1.29, 1.82) is 0 Å². The van der Waals surface area contributed by atoms with E-state index in [-0.39, 0.29) is 127 Å². The van der Waals surface area contributed by atoms with E-state index in [4.69, 9.17) is 41.4 Å². The predicted molar refractivity (Wildman–Crippen MR) is 359 cm³/mol. The Bertz CT molecular complexity index is 2530. The third-order valence-corrected chi connectivity index (χ3v) is 14.7. The number of amides is 1. The number of hydrogen-bond donors (Lipinski definition) is 1. The first-order valence-electron chi connectivity index (χ1n) is 30.8. The van der Waals surface area contributed by atoms with E-state index in [1.54, 1.807) is 31.5 Å². The fourth-order valence-corrected chi connectivity index (χ4v) is 10.3. The minimum absolute atomic E-state index is 0.000764. The summed E-state index contributed by atoms with van der Waals surface area (Å²) < 4.78 is 54.2. The van der Waals surface area contributed by atoms with Gasteiger partial charge in [0.05, 0.1) is 61.7 Å². The Morgan fingerprint density at radius 3 is 1.42 bits per heavy atom. The van der Waals surface area contributed by atoms with Crippen LogP contribution in [0.3, 0.4) is 0 Å². The molecule has 3 fully saturated rings. The van der Waals surface area contributed by atoms with Crippen molar-refractivity contribution in [1.82, 2.24) is 5.32 Å². The zero-order valence-corrected chi connectivity index (χ0v) is 61.5. The third-order valence-electron chi connectivity index (χ3n) is 12.0. The number of alkyl halides is 2. The van der Waals surface area contributed by atoms with Gasteiger partial charge in [-0.1, -0.05) is 162 Å². The van der Waals surface area contributed by atoms with Gasteiger partial charge in [-0.05, 0) is 76.4 Å². The highest BCUT2D eigenvalue weighted by atomic mass is 35.5. The summed E-state index contributed by atoms with van der Waals surface area (Å²) >= 11 is 10.5. The highest BCUT2D eigenvalue weighted by molar-refractivity contribution is 7.86. The average molecular weight is 1340 g/mol. The molecule has 2 saturated heterocycles. The zero-order valence-electron chi connectivity index (χ0n) is 58.3. The van der Waals surface area contributed by atoms with Crippen LogP contribution in [0, 0.1) is 38.4 Å². The van der Waals surface area contributed by atoms with Crippen molar-refractivity contribution in [3.63, 3.8) is 0 Å². The molecule has 3 atom stereocenters. The minimum Gasteiger partial charge on any atom is -0.373 e. The number of benzene rings is 1. The Hall–Kier alpha value is -3.61. The van der Waals surface area contributed by atoms with E-state index in [9.17, 15) is 56.1 Å². The molecule has 17 nitrogen and oxygen atoms in total. The Balaban J connectivity index is -0.000000984. The third kappa shape index (κ3) is 58.0. The number of ether oxygens (including phenoxy) is 2. The topological polar surface area (TPSA) is 260 Å². The van der Waals surface area contributed by atoms with Crippen molar-refractivity contribution >= 4 is 92.9 Å². The smallest absolute Gasteiger partial charge is 0.297 e. The lowest BCUT2D eigenvalue weighted by molar-refractivity contribution is -0.128. The van der Waals surface area contributed by atoms with Crippen LogP contribution >= 0.6 is 30.6 Å². The Labute approximate surface area is 547 Å². The summed E-state index contributed by atoms with van der Waals surface area (Å²) in [6.45, 7) is 46.4. The molecular weight excluding hydrogens is 1220 g/mol. The molecule has 1 aromatic carbocycles. The molecule has 0 aromatic heterocycles. The maximum atomic E-state index is 12.0. The summed E-state index contributed by atoms with van der Waals surface area (Å²) in [7, 11) is -6.00. The molecule has 514 valence electrons. The minimum atomic E-state index is -3.83. The number of rotatable bonds is 25. The fraction of sp³-hybridized carbons (Fsp3) is 0.750. The molecule has 1 saturated carbocycles. The van der Waals surface area contributed by atoms with E-state index in [1.165, 1.54) is 43.9 Å². The van der Waals surface area contributed by atoms with Crippen LogP contribution in [0.1, 0.15) is 221 Å². The van der Waals surface area contributed by atoms with E-state index < -0.39 is 24.1 Å². The van der Waals surface area contributed by atoms with Gasteiger partial charge < -0.3 is 19.3 Å². The second-order valence-corrected chi connectivity index (χ2v) is 35.5. The van der Waals surface area contributed by atoms with Crippen LogP contribution in [0.5, 0.6) is 0 Å². The fourth-order valence-electron chi connectivity index (χ4n) is 8.58. The molecule has 1 spiro atoms. The van der Waals surface area contributed by atoms with Gasteiger partial charge in [-0.15, -0.1) is 23.2 Å². The van der Waals surface area contributed by atoms with Crippen molar-refractivity contribution in [3.8, 4) is 0 Å². The second-order valence-electron chi connectivity index (χ2n) is 30.6. The maximum absolute atomic E-state index is 12.0. The SMILES string of the molecule is C=CC(=O)CC(=O)CC(C)(C)C.CC(C)(C)CC(=O)CC(=O)CCl.CC(C)(C)CC(=O)CC1CCCCC12CO2.CC(C)(C)CC(=O)CC1CO1.CC(C)(C)CC(=O)CNC(=O)CCl.CC(C)(C)CC(=O)COS(=O)(=O)c1ccccc1.CCOP(C)(C)=O. The summed E-state index contributed by atoms with van der Waals surface area (Å²) in [6.07, 6.45) is 10.8. The molecule has 3 unspecified atom stereocenters. The summed E-state index contributed by atoms with van der Waals surface area (Å²) in [5, 5.41) is 2.43. The number of epoxide rings is 2. The van der Waals surface area contributed by atoms with E-state index in [0.717, 1.165) is 19.6 Å². The van der Waals surface area contributed by atoms with Crippen molar-refractivity contribution in [3.05, 3.63) is 43.0 Å². The van der Waals surface area contributed by atoms with Gasteiger partial charge in [-0.3, -0.25) is 51.9 Å². The Morgan fingerprint density at radius 2 is 1.04 bits per heavy atom. The molecule has 2 aliphatic heterocycles. The molecular formula is C68H116Cl2NO16PS. The number of Topliss-reactive ketones (excluding diaryl/α,β-unsaturated/α-hetero) is 7. The van der Waals surface area contributed by atoms with Crippen molar-refractivity contribution in [2.75, 3.05) is 58.1 Å². The van der Waals surface area contributed by atoms with Crippen molar-refractivity contribution in [2.24, 2.45) is 38.4 Å². The molecule has 2 heterocycles. The molecule has 3 aliphatic rings. The highest BCUT2D eigenvalue weighted by Gasteiger charge is 2.52. The van der Waals surface area contributed by atoms with Gasteiger partial charge in [-0.2, -0.15) is 8.42 Å². The number of carbonyl (C=O) groups is 9. The molecule has 1 aliphatic carbocycles. The average Bonchev–Trinajstić information content (AvgIpc) is 1.68. The maximum Gasteiger partial charge on any atom is 0.297 e. The summed E-state index contributed by atoms with van der Waals surface area (Å²) in [4.78, 5) is 101. The molecule has 21 heteroatoms. The second kappa shape index (κ2) is 41.9.